The van der Waals surface area contributed by atoms with Gasteiger partial charge in [-0.25, -0.2) is 9.67 Å². The molecular formula is C8H13N3. The molecule has 2 rings (SSSR count). The zero-order valence-electron chi connectivity index (χ0n) is 6.82. The Labute approximate surface area is 66.4 Å². The monoisotopic (exact) mass is 151 g/mol. The van der Waals surface area contributed by atoms with E-state index in [-0.39, 0.29) is 0 Å². The van der Waals surface area contributed by atoms with Crippen LogP contribution >= 0.6 is 0 Å². The maximum atomic E-state index is 4.17. The second-order valence-electron chi connectivity index (χ2n) is 3.16. The Morgan fingerprint density at radius 3 is 3.09 bits per heavy atom. The summed E-state index contributed by atoms with van der Waals surface area (Å²) in [4.78, 5) is 4.17. The molecule has 1 heterocycles. The van der Waals surface area contributed by atoms with Crippen molar-refractivity contribution in [2.75, 3.05) is 0 Å². The van der Waals surface area contributed by atoms with Gasteiger partial charge in [-0.1, -0.05) is 6.92 Å². The predicted octanol–water partition coefficient (Wildman–Crippen LogP) is 1.25. The molecule has 1 aliphatic rings. The van der Waals surface area contributed by atoms with Crippen molar-refractivity contribution in [1.29, 1.82) is 0 Å². The molecule has 1 fully saturated rings. The van der Waals surface area contributed by atoms with Gasteiger partial charge < -0.3 is 0 Å². The van der Waals surface area contributed by atoms with Crippen LogP contribution in [0.1, 0.15) is 25.6 Å². The Bertz CT molecular complexity index is 237. The SMILES string of the molecule is CCc1ncnn1CC1CC1. The molecule has 0 radical (unpaired) electrons. The number of hydrogen-bond donors (Lipinski definition) is 0. The second-order valence-corrected chi connectivity index (χ2v) is 3.16. The second kappa shape index (κ2) is 2.64. The van der Waals surface area contributed by atoms with Crippen molar-refractivity contribution in [2.45, 2.75) is 32.7 Å². The molecule has 0 amide bonds. The molecule has 60 valence electrons. The Morgan fingerprint density at radius 2 is 2.45 bits per heavy atom. The highest BCUT2D eigenvalue weighted by Crippen LogP contribution is 2.30. The molecule has 3 nitrogen and oxygen atoms in total. The number of hydrogen-bond acceptors (Lipinski definition) is 2. The molecule has 1 aliphatic carbocycles. The van der Waals surface area contributed by atoms with Gasteiger partial charge in [-0.05, 0) is 18.8 Å². The van der Waals surface area contributed by atoms with E-state index in [0.29, 0.717) is 0 Å². The highest BCUT2D eigenvalue weighted by molar-refractivity contribution is 4.85. The third-order valence-electron chi connectivity index (χ3n) is 2.14. The van der Waals surface area contributed by atoms with Crippen LogP contribution in [0.2, 0.25) is 0 Å². The van der Waals surface area contributed by atoms with E-state index in [1.165, 1.54) is 12.8 Å². The van der Waals surface area contributed by atoms with Crippen LogP contribution in [0.15, 0.2) is 6.33 Å². The van der Waals surface area contributed by atoms with Gasteiger partial charge in [0.05, 0.1) is 0 Å². The van der Waals surface area contributed by atoms with E-state index in [1.54, 1.807) is 6.33 Å². The minimum atomic E-state index is 0.891. The van der Waals surface area contributed by atoms with Gasteiger partial charge in [0.25, 0.3) is 0 Å². The van der Waals surface area contributed by atoms with Gasteiger partial charge in [-0.3, -0.25) is 0 Å². The zero-order valence-corrected chi connectivity index (χ0v) is 6.82. The lowest BCUT2D eigenvalue weighted by Gasteiger charge is -2.00. The molecular weight excluding hydrogens is 138 g/mol. The molecule has 1 saturated carbocycles. The first-order valence-corrected chi connectivity index (χ1v) is 4.27. The van der Waals surface area contributed by atoms with Gasteiger partial charge in [-0.15, -0.1) is 0 Å². The normalized spacial score (nSPS) is 17.2. The smallest absolute Gasteiger partial charge is 0.138 e. The first kappa shape index (κ1) is 6.83. The molecule has 0 bridgehead atoms. The number of nitrogens with zero attached hydrogens (tertiary/aromatic N) is 3. The summed E-state index contributed by atoms with van der Waals surface area (Å²) < 4.78 is 2.04. The van der Waals surface area contributed by atoms with Crippen molar-refractivity contribution in [3.8, 4) is 0 Å². The summed E-state index contributed by atoms with van der Waals surface area (Å²) in [5.74, 6) is 2.01. The summed E-state index contributed by atoms with van der Waals surface area (Å²) in [6.45, 7) is 3.20. The van der Waals surface area contributed by atoms with Crippen LogP contribution in [0, 0.1) is 5.92 Å². The number of rotatable bonds is 3. The number of aromatic nitrogens is 3. The van der Waals surface area contributed by atoms with Crippen LogP contribution in [0.3, 0.4) is 0 Å². The largest absolute Gasteiger partial charge is 0.250 e. The molecule has 1 aromatic rings. The van der Waals surface area contributed by atoms with E-state index in [1.807, 2.05) is 4.68 Å². The van der Waals surface area contributed by atoms with Gasteiger partial charge >= 0.3 is 0 Å². The average molecular weight is 151 g/mol. The van der Waals surface area contributed by atoms with Gasteiger partial charge in [0.1, 0.15) is 12.2 Å². The fourth-order valence-electron chi connectivity index (χ4n) is 1.26. The maximum absolute atomic E-state index is 4.17. The Kier molecular flexibility index (Phi) is 1.64. The molecule has 0 spiro atoms. The molecule has 3 heteroatoms. The first-order chi connectivity index (χ1) is 5.40. The highest BCUT2D eigenvalue weighted by atomic mass is 15.3. The van der Waals surface area contributed by atoms with Gasteiger partial charge in [0, 0.05) is 13.0 Å². The Balaban J connectivity index is 2.07. The average Bonchev–Trinajstić information content (AvgIpc) is 2.68. The van der Waals surface area contributed by atoms with Crippen molar-refractivity contribution in [2.24, 2.45) is 5.92 Å². The van der Waals surface area contributed by atoms with E-state index in [0.717, 1.165) is 24.7 Å². The van der Waals surface area contributed by atoms with Crippen LogP contribution in [0.4, 0.5) is 0 Å². The molecule has 0 N–H and O–H groups in total. The fourth-order valence-corrected chi connectivity index (χ4v) is 1.26. The van der Waals surface area contributed by atoms with Crippen LogP contribution < -0.4 is 0 Å². The lowest BCUT2D eigenvalue weighted by Crippen LogP contribution is -2.06. The van der Waals surface area contributed by atoms with Crippen molar-refractivity contribution in [1.82, 2.24) is 14.8 Å². The third kappa shape index (κ3) is 1.42. The number of aryl methyl sites for hydroxylation is 1. The summed E-state index contributed by atoms with van der Waals surface area (Å²) in [5.41, 5.74) is 0. The lowest BCUT2D eigenvalue weighted by molar-refractivity contribution is 0.538. The van der Waals surface area contributed by atoms with Gasteiger partial charge in [0.2, 0.25) is 0 Å². The van der Waals surface area contributed by atoms with Crippen molar-refractivity contribution in [3.05, 3.63) is 12.2 Å². The van der Waals surface area contributed by atoms with E-state index in [4.69, 9.17) is 0 Å². The summed E-state index contributed by atoms with van der Waals surface area (Å²) in [6.07, 6.45) is 5.40. The van der Waals surface area contributed by atoms with Crippen LogP contribution in [-0.4, -0.2) is 14.8 Å². The summed E-state index contributed by atoms with van der Waals surface area (Å²) >= 11 is 0. The van der Waals surface area contributed by atoms with Crippen molar-refractivity contribution < 1.29 is 0 Å². The maximum Gasteiger partial charge on any atom is 0.138 e. The van der Waals surface area contributed by atoms with Gasteiger partial charge in [0.15, 0.2) is 0 Å². The summed E-state index contributed by atoms with van der Waals surface area (Å²) in [5, 5.41) is 4.17. The molecule has 0 aromatic carbocycles. The van der Waals surface area contributed by atoms with E-state index >= 15 is 0 Å². The minimum absolute atomic E-state index is 0.891. The Morgan fingerprint density at radius 1 is 1.64 bits per heavy atom. The fraction of sp³-hybridized carbons (Fsp3) is 0.750. The Hall–Kier alpha value is -0.860. The first-order valence-electron chi connectivity index (χ1n) is 4.27. The van der Waals surface area contributed by atoms with E-state index in [2.05, 4.69) is 17.0 Å². The van der Waals surface area contributed by atoms with E-state index in [9.17, 15) is 0 Å². The summed E-state index contributed by atoms with van der Waals surface area (Å²) in [7, 11) is 0. The topological polar surface area (TPSA) is 30.7 Å². The van der Waals surface area contributed by atoms with Crippen molar-refractivity contribution >= 4 is 0 Å². The third-order valence-corrected chi connectivity index (χ3v) is 2.14. The zero-order chi connectivity index (χ0) is 7.68. The van der Waals surface area contributed by atoms with Crippen LogP contribution in [0.5, 0.6) is 0 Å². The molecule has 0 aliphatic heterocycles. The minimum Gasteiger partial charge on any atom is -0.250 e. The van der Waals surface area contributed by atoms with Crippen LogP contribution in [-0.2, 0) is 13.0 Å². The molecule has 0 atom stereocenters. The molecule has 1 aromatic heterocycles. The molecule has 0 unspecified atom stereocenters. The van der Waals surface area contributed by atoms with Gasteiger partial charge in [-0.2, -0.15) is 5.10 Å². The molecule has 11 heavy (non-hydrogen) atoms. The van der Waals surface area contributed by atoms with Crippen molar-refractivity contribution in [3.63, 3.8) is 0 Å². The standard InChI is InChI=1S/C8H13N3/c1-2-8-9-6-10-11(8)5-7-3-4-7/h6-7H,2-5H2,1H3. The summed E-state index contributed by atoms with van der Waals surface area (Å²) in [6, 6.07) is 0. The highest BCUT2D eigenvalue weighted by Gasteiger charge is 2.22. The van der Waals surface area contributed by atoms with Crippen LogP contribution in [0.25, 0.3) is 0 Å². The quantitative estimate of drug-likeness (QED) is 0.651. The lowest BCUT2D eigenvalue weighted by atomic mass is 10.4. The predicted molar refractivity (Wildman–Crippen MR) is 42.1 cm³/mol. The van der Waals surface area contributed by atoms with E-state index < -0.39 is 0 Å². The molecule has 0 saturated heterocycles.